The number of benzene rings is 3. The van der Waals surface area contributed by atoms with E-state index >= 15 is 0 Å². The number of anilines is 1. The van der Waals surface area contributed by atoms with Crippen LogP contribution in [0.4, 0.5) is 5.69 Å². The van der Waals surface area contributed by atoms with E-state index in [2.05, 4.69) is 21.2 Å². The first-order valence-corrected chi connectivity index (χ1v) is 14.7. The number of amides is 2. The smallest absolute Gasteiger partial charge is 0.244 e. The van der Waals surface area contributed by atoms with Crippen LogP contribution in [-0.2, 0) is 32.6 Å². The summed E-state index contributed by atoms with van der Waals surface area (Å²) in [5.74, 6) is -0.252. The van der Waals surface area contributed by atoms with Crippen LogP contribution >= 0.6 is 15.9 Å². The van der Waals surface area contributed by atoms with Gasteiger partial charge in [-0.05, 0) is 54.4 Å². The number of ether oxygens (including phenoxy) is 1. The average molecular weight is 603 g/mol. The van der Waals surface area contributed by atoms with Crippen LogP contribution in [0.25, 0.3) is 0 Å². The summed E-state index contributed by atoms with van der Waals surface area (Å²) in [5.41, 5.74) is 2.00. The molecule has 0 heterocycles. The molecule has 0 spiro atoms. The Kier molecular flexibility index (Phi) is 10.3. The highest BCUT2D eigenvalue weighted by molar-refractivity contribution is 9.10. The second-order valence-electron chi connectivity index (χ2n) is 8.72. The zero-order chi connectivity index (χ0) is 27.7. The second-order valence-corrected chi connectivity index (χ2v) is 11.5. The Hall–Kier alpha value is -3.37. The summed E-state index contributed by atoms with van der Waals surface area (Å²) in [4.78, 5) is 28.7. The predicted molar refractivity (Wildman–Crippen MR) is 152 cm³/mol. The first-order chi connectivity index (χ1) is 18.1. The summed E-state index contributed by atoms with van der Waals surface area (Å²) in [5, 5.41) is 2.84. The van der Waals surface area contributed by atoms with Crippen molar-refractivity contribution in [3.05, 3.63) is 94.5 Å². The molecule has 1 N–H and O–H groups in total. The molecule has 0 radical (unpaired) electrons. The summed E-state index contributed by atoms with van der Waals surface area (Å²) in [7, 11) is -2.31. The lowest BCUT2D eigenvalue weighted by molar-refractivity contribution is -0.140. The Morgan fingerprint density at radius 2 is 1.63 bits per heavy atom. The molecule has 3 aromatic carbocycles. The van der Waals surface area contributed by atoms with Crippen LogP contribution in [0.15, 0.2) is 83.3 Å². The summed E-state index contributed by atoms with van der Waals surface area (Å²) in [6.45, 7) is 1.86. The number of hydrogen-bond acceptors (Lipinski definition) is 5. The number of likely N-dealkylation sites (N-methyl/N-ethyl adjacent to an activating group) is 1. The van der Waals surface area contributed by atoms with Crippen LogP contribution < -0.4 is 14.4 Å². The van der Waals surface area contributed by atoms with Crippen LogP contribution in [-0.4, -0.2) is 57.6 Å². The predicted octanol–water partition coefficient (Wildman–Crippen LogP) is 4.00. The van der Waals surface area contributed by atoms with Gasteiger partial charge in [-0.25, -0.2) is 8.42 Å². The quantitative estimate of drug-likeness (QED) is 0.338. The molecule has 0 unspecified atom stereocenters. The van der Waals surface area contributed by atoms with Crippen molar-refractivity contribution in [2.45, 2.75) is 25.9 Å². The van der Waals surface area contributed by atoms with Gasteiger partial charge >= 0.3 is 0 Å². The lowest BCUT2D eigenvalue weighted by Crippen LogP contribution is -2.53. The van der Waals surface area contributed by atoms with Gasteiger partial charge in [0.2, 0.25) is 21.8 Å². The fraction of sp³-hybridized carbons (Fsp3) is 0.286. The minimum atomic E-state index is -3.82. The van der Waals surface area contributed by atoms with Crippen molar-refractivity contribution >= 4 is 43.5 Å². The van der Waals surface area contributed by atoms with Crippen molar-refractivity contribution in [2.75, 3.05) is 30.8 Å². The van der Waals surface area contributed by atoms with E-state index in [4.69, 9.17) is 4.74 Å². The maximum atomic E-state index is 13.9. The Morgan fingerprint density at radius 3 is 2.21 bits per heavy atom. The Morgan fingerprint density at radius 1 is 0.974 bits per heavy atom. The largest absolute Gasteiger partial charge is 0.497 e. The fourth-order valence-electron chi connectivity index (χ4n) is 4.04. The molecule has 2 amide bonds. The molecule has 8 nitrogen and oxygen atoms in total. The Bertz CT molecular complexity index is 1330. The minimum Gasteiger partial charge on any atom is -0.497 e. The molecule has 0 aromatic heterocycles. The molecule has 0 fully saturated rings. The number of rotatable bonds is 12. The third kappa shape index (κ3) is 8.06. The highest BCUT2D eigenvalue weighted by Crippen LogP contribution is 2.23. The van der Waals surface area contributed by atoms with Crippen molar-refractivity contribution in [1.29, 1.82) is 0 Å². The molecule has 0 saturated heterocycles. The van der Waals surface area contributed by atoms with Crippen LogP contribution in [0, 0.1) is 0 Å². The molecule has 3 aromatic rings. The highest BCUT2D eigenvalue weighted by Gasteiger charge is 2.32. The molecule has 10 heteroatoms. The zero-order valence-corrected chi connectivity index (χ0v) is 24.0. The van der Waals surface area contributed by atoms with Gasteiger partial charge in [0.1, 0.15) is 18.3 Å². The molecule has 3 rings (SSSR count). The molecule has 0 aliphatic heterocycles. The first kappa shape index (κ1) is 29.2. The van der Waals surface area contributed by atoms with Gasteiger partial charge in [0.25, 0.3) is 0 Å². The highest BCUT2D eigenvalue weighted by atomic mass is 79.9. The number of hydrogen-bond donors (Lipinski definition) is 1. The average Bonchev–Trinajstić information content (AvgIpc) is 2.89. The number of nitrogens with one attached hydrogen (secondary N) is 1. The molecule has 0 aliphatic rings. The normalized spacial score (nSPS) is 11.9. The number of halogens is 1. The van der Waals surface area contributed by atoms with Crippen LogP contribution in [0.3, 0.4) is 0 Å². The van der Waals surface area contributed by atoms with E-state index in [1.807, 2.05) is 61.5 Å². The summed E-state index contributed by atoms with van der Waals surface area (Å²) in [6, 6.07) is 22.4. The molecule has 202 valence electrons. The maximum absolute atomic E-state index is 13.9. The van der Waals surface area contributed by atoms with E-state index in [1.54, 1.807) is 24.3 Å². The molecular weight excluding hydrogens is 570 g/mol. The number of sulfonamides is 1. The maximum Gasteiger partial charge on any atom is 0.244 e. The van der Waals surface area contributed by atoms with E-state index in [1.165, 1.54) is 12.0 Å². The van der Waals surface area contributed by atoms with Gasteiger partial charge in [-0.15, -0.1) is 0 Å². The summed E-state index contributed by atoms with van der Waals surface area (Å²) in [6.07, 6.45) is 1.32. The monoisotopic (exact) mass is 601 g/mol. The summed E-state index contributed by atoms with van der Waals surface area (Å²) >= 11 is 3.46. The Labute approximate surface area is 232 Å². The van der Waals surface area contributed by atoms with Gasteiger partial charge in [0.05, 0.1) is 19.1 Å². The lowest BCUT2D eigenvalue weighted by atomic mass is 10.0. The molecule has 38 heavy (non-hydrogen) atoms. The minimum absolute atomic E-state index is 0.118. The number of nitrogens with zero attached hydrogens (tertiary/aromatic N) is 2. The third-order valence-electron chi connectivity index (χ3n) is 5.90. The SMILES string of the molecule is CCNC(=O)[C@H](Cc1ccccc1)N(Cc1cccc(Br)c1)C(=O)CN(c1ccc(OC)cc1)S(C)(=O)=O. The van der Waals surface area contributed by atoms with Crippen molar-refractivity contribution < 1.29 is 22.7 Å². The zero-order valence-electron chi connectivity index (χ0n) is 21.6. The van der Waals surface area contributed by atoms with E-state index in [0.29, 0.717) is 18.0 Å². The number of carbonyl (C=O) groups is 2. The van der Waals surface area contributed by atoms with Gasteiger partial charge in [-0.3, -0.25) is 13.9 Å². The van der Waals surface area contributed by atoms with Crippen molar-refractivity contribution in [2.24, 2.45) is 0 Å². The van der Waals surface area contributed by atoms with Gasteiger partial charge in [-0.2, -0.15) is 0 Å². The van der Waals surface area contributed by atoms with Gasteiger partial charge < -0.3 is 15.0 Å². The van der Waals surface area contributed by atoms with Crippen LogP contribution in [0.5, 0.6) is 5.75 Å². The van der Waals surface area contributed by atoms with Crippen molar-refractivity contribution in [1.82, 2.24) is 10.2 Å². The van der Waals surface area contributed by atoms with Crippen molar-refractivity contribution in [3.63, 3.8) is 0 Å². The number of methoxy groups -OCH3 is 1. The van der Waals surface area contributed by atoms with Crippen LogP contribution in [0.1, 0.15) is 18.1 Å². The summed E-state index contributed by atoms with van der Waals surface area (Å²) < 4.78 is 32.6. The molecule has 0 bridgehead atoms. The Balaban J connectivity index is 2.02. The topological polar surface area (TPSA) is 96.0 Å². The van der Waals surface area contributed by atoms with Gasteiger partial charge in [0, 0.05) is 24.0 Å². The van der Waals surface area contributed by atoms with Gasteiger partial charge in [0.15, 0.2) is 0 Å². The molecule has 0 aliphatic carbocycles. The standard InChI is InChI=1S/C28H32BrN3O5S/c1-4-30-28(34)26(18-21-9-6-5-7-10-21)31(19-22-11-8-12-23(29)17-22)27(33)20-32(38(3,35)36)24-13-15-25(37-2)16-14-24/h5-17,26H,4,18-20H2,1-3H3,(H,30,34)/t26-/m0/s1. The van der Waals surface area contributed by atoms with Crippen LogP contribution in [0.2, 0.25) is 0 Å². The molecule has 0 saturated carbocycles. The van der Waals surface area contributed by atoms with E-state index in [9.17, 15) is 18.0 Å². The van der Waals surface area contributed by atoms with Crippen molar-refractivity contribution in [3.8, 4) is 5.75 Å². The van der Waals surface area contributed by atoms with E-state index < -0.39 is 28.5 Å². The van der Waals surface area contributed by atoms with E-state index in [0.717, 1.165) is 26.2 Å². The van der Waals surface area contributed by atoms with E-state index in [-0.39, 0.29) is 18.9 Å². The number of carbonyl (C=O) groups excluding carboxylic acids is 2. The second kappa shape index (κ2) is 13.4. The third-order valence-corrected chi connectivity index (χ3v) is 7.54. The molecular formula is C28H32BrN3O5S. The fourth-order valence-corrected chi connectivity index (χ4v) is 5.34. The van der Waals surface area contributed by atoms with Gasteiger partial charge in [-0.1, -0.05) is 58.4 Å². The lowest BCUT2D eigenvalue weighted by Gasteiger charge is -2.33. The molecule has 1 atom stereocenters. The first-order valence-electron chi connectivity index (χ1n) is 12.1.